The molecule has 2 heteroatoms. The highest BCUT2D eigenvalue weighted by Gasteiger charge is 2.46. The molecule has 0 aromatic carbocycles. The molecule has 2 fully saturated rings. The molecule has 2 saturated carbocycles. The highest BCUT2D eigenvalue weighted by molar-refractivity contribution is 7.08. The topological polar surface area (TPSA) is 12.0 Å². The summed E-state index contributed by atoms with van der Waals surface area (Å²) in [5.74, 6) is 0. The van der Waals surface area contributed by atoms with Gasteiger partial charge in [0.05, 0.1) is 0 Å². The molecule has 1 aromatic rings. The predicted molar refractivity (Wildman–Crippen MR) is 66.5 cm³/mol. The SMILES string of the molecule is c1cc(NC2CCC23CCCCC3)cs1. The molecule has 1 heterocycles. The Bertz CT molecular complexity index is 311. The number of rotatable bonds is 2. The quantitative estimate of drug-likeness (QED) is 0.786. The van der Waals surface area contributed by atoms with Gasteiger partial charge in [-0.3, -0.25) is 0 Å². The van der Waals surface area contributed by atoms with Gasteiger partial charge in [-0.05, 0) is 42.5 Å². The predicted octanol–water partition coefficient (Wildman–Crippen LogP) is 4.27. The maximum Gasteiger partial charge on any atom is 0.0451 e. The summed E-state index contributed by atoms with van der Waals surface area (Å²) in [5.41, 5.74) is 2.02. The van der Waals surface area contributed by atoms with Crippen LogP contribution in [0.5, 0.6) is 0 Å². The molecule has 1 aromatic heterocycles. The second-order valence-electron chi connectivity index (χ2n) is 5.17. The van der Waals surface area contributed by atoms with Crippen molar-refractivity contribution >= 4 is 17.0 Å². The van der Waals surface area contributed by atoms with E-state index < -0.39 is 0 Å². The van der Waals surface area contributed by atoms with Crippen molar-refractivity contribution in [2.75, 3.05) is 5.32 Å². The second kappa shape index (κ2) is 3.82. The van der Waals surface area contributed by atoms with Gasteiger partial charge in [0, 0.05) is 17.1 Å². The molecule has 0 saturated heterocycles. The van der Waals surface area contributed by atoms with Crippen LogP contribution in [0, 0.1) is 5.41 Å². The highest BCUT2D eigenvalue weighted by atomic mass is 32.1. The monoisotopic (exact) mass is 221 g/mol. The van der Waals surface area contributed by atoms with Crippen molar-refractivity contribution in [2.24, 2.45) is 5.41 Å². The number of hydrogen-bond acceptors (Lipinski definition) is 2. The van der Waals surface area contributed by atoms with E-state index in [0.29, 0.717) is 5.41 Å². The van der Waals surface area contributed by atoms with E-state index in [1.807, 2.05) is 0 Å². The smallest absolute Gasteiger partial charge is 0.0451 e. The van der Waals surface area contributed by atoms with Crippen LogP contribution in [0.3, 0.4) is 0 Å². The Balaban J connectivity index is 1.67. The lowest BCUT2D eigenvalue weighted by molar-refractivity contribution is 0.0571. The lowest BCUT2D eigenvalue weighted by Crippen LogP contribution is -2.50. The summed E-state index contributed by atoms with van der Waals surface area (Å²) in [6.45, 7) is 0. The van der Waals surface area contributed by atoms with Gasteiger partial charge >= 0.3 is 0 Å². The first-order valence-corrected chi connectivity index (χ1v) is 7.12. The zero-order valence-electron chi connectivity index (χ0n) is 9.17. The normalized spacial score (nSPS) is 28.7. The van der Waals surface area contributed by atoms with Crippen LogP contribution in [-0.4, -0.2) is 6.04 Å². The number of hydrogen-bond donors (Lipinski definition) is 1. The first-order valence-electron chi connectivity index (χ1n) is 6.18. The third-order valence-corrected chi connectivity index (χ3v) is 5.06. The second-order valence-corrected chi connectivity index (χ2v) is 5.95. The van der Waals surface area contributed by atoms with Crippen LogP contribution in [0.25, 0.3) is 0 Å². The van der Waals surface area contributed by atoms with Gasteiger partial charge in [-0.15, -0.1) is 0 Å². The molecule has 0 amide bonds. The van der Waals surface area contributed by atoms with Gasteiger partial charge < -0.3 is 5.32 Å². The minimum atomic E-state index is 0.681. The van der Waals surface area contributed by atoms with Crippen LogP contribution in [0.2, 0.25) is 0 Å². The van der Waals surface area contributed by atoms with Crippen LogP contribution in [0.4, 0.5) is 5.69 Å². The van der Waals surface area contributed by atoms with E-state index in [1.165, 1.54) is 50.6 Å². The molecule has 2 aliphatic rings. The number of anilines is 1. The fourth-order valence-corrected chi connectivity index (χ4v) is 3.92. The minimum Gasteiger partial charge on any atom is -0.381 e. The van der Waals surface area contributed by atoms with Crippen LogP contribution in [0.15, 0.2) is 16.8 Å². The van der Waals surface area contributed by atoms with E-state index in [4.69, 9.17) is 0 Å². The summed E-state index contributed by atoms with van der Waals surface area (Å²) in [5, 5.41) is 8.12. The van der Waals surface area contributed by atoms with E-state index in [0.717, 1.165) is 6.04 Å². The van der Waals surface area contributed by atoms with Crippen LogP contribution >= 0.6 is 11.3 Å². The summed E-state index contributed by atoms with van der Waals surface area (Å²) >= 11 is 1.79. The summed E-state index contributed by atoms with van der Waals surface area (Å²) in [6.07, 6.45) is 10.2. The summed E-state index contributed by atoms with van der Waals surface area (Å²) in [6, 6.07) is 2.98. The van der Waals surface area contributed by atoms with Crippen LogP contribution < -0.4 is 5.32 Å². The average molecular weight is 221 g/mol. The molecule has 82 valence electrons. The van der Waals surface area contributed by atoms with Gasteiger partial charge in [-0.1, -0.05) is 19.3 Å². The molecule has 0 radical (unpaired) electrons. The molecule has 1 N–H and O–H groups in total. The molecule has 1 spiro atoms. The third-order valence-electron chi connectivity index (χ3n) is 4.38. The molecular formula is C13H19NS. The fourth-order valence-electron chi connectivity index (χ4n) is 3.32. The molecule has 3 rings (SSSR count). The van der Waals surface area contributed by atoms with Crippen LogP contribution in [-0.2, 0) is 0 Å². The van der Waals surface area contributed by atoms with Crippen molar-refractivity contribution < 1.29 is 0 Å². The van der Waals surface area contributed by atoms with E-state index >= 15 is 0 Å². The van der Waals surface area contributed by atoms with Gasteiger partial charge in [0.25, 0.3) is 0 Å². The average Bonchev–Trinajstić information content (AvgIpc) is 2.78. The van der Waals surface area contributed by atoms with Crippen molar-refractivity contribution in [1.82, 2.24) is 0 Å². The number of nitrogens with one attached hydrogen (secondary N) is 1. The summed E-state index contributed by atoms with van der Waals surface area (Å²) in [4.78, 5) is 0. The van der Waals surface area contributed by atoms with E-state index in [1.54, 1.807) is 11.3 Å². The molecule has 2 aliphatic carbocycles. The van der Waals surface area contributed by atoms with Gasteiger partial charge in [0.2, 0.25) is 0 Å². The van der Waals surface area contributed by atoms with Crippen LogP contribution in [0.1, 0.15) is 44.9 Å². The van der Waals surface area contributed by atoms with Crippen molar-refractivity contribution in [3.63, 3.8) is 0 Å². The Morgan fingerprint density at radius 2 is 2.07 bits per heavy atom. The third kappa shape index (κ3) is 1.69. The van der Waals surface area contributed by atoms with Crippen molar-refractivity contribution in [1.29, 1.82) is 0 Å². The molecule has 1 atom stereocenters. The molecule has 1 unspecified atom stereocenters. The summed E-state index contributed by atoms with van der Waals surface area (Å²) < 4.78 is 0. The maximum atomic E-state index is 3.73. The zero-order chi connectivity index (χ0) is 10.1. The van der Waals surface area contributed by atoms with Gasteiger partial charge in [-0.2, -0.15) is 11.3 Å². The molecule has 0 aliphatic heterocycles. The first kappa shape index (κ1) is 9.71. The Morgan fingerprint density at radius 3 is 2.67 bits per heavy atom. The molecule has 15 heavy (non-hydrogen) atoms. The zero-order valence-corrected chi connectivity index (χ0v) is 9.98. The Morgan fingerprint density at radius 1 is 1.20 bits per heavy atom. The molecule has 0 bridgehead atoms. The van der Waals surface area contributed by atoms with E-state index in [9.17, 15) is 0 Å². The van der Waals surface area contributed by atoms with E-state index in [2.05, 4.69) is 22.1 Å². The molecular weight excluding hydrogens is 202 g/mol. The Labute approximate surface area is 95.9 Å². The molecule has 1 nitrogen and oxygen atoms in total. The Hall–Kier alpha value is -0.500. The lowest BCUT2D eigenvalue weighted by Gasteiger charge is -2.52. The van der Waals surface area contributed by atoms with Crippen molar-refractivity contribution in [3.8, 4) is 0 Å². The fraction of sp³-hybridized carbons (Fsp3) is 0.692. The lowest BCUT2D eigenvalue weighted by atomic mass is 9.57. The Kier molecular flexibility index (Phi) is 2.47. The number of thiophene rings is 1. The largest absolute Gasteiger partial charge is 0.381 e. The van der Waals surface area contributed by atoms with Crippen molar-refractivity contribution in [3.05, 3.63) is 16.8 Å². The van der Waals surface area contributed by atoms with Gasteiger partial charge in [-0.25, -0.2) is 0 Å². The maximum absolute atomic E-state index is 3.73. The van der Waals surface area contributed by atoms with E-state index in [-0.39, 0.29) is 0 Å². The van der Waals surface area contributed by atoms with Crippen molar-refractivity contribution in [2.45, 2.75) is 51.0 Å². The summed E-state index contributed by atoms with van der Waals surface area (Å²) in [7, 11) is 0. The van der Waals surface area contributed by atoms with Gasteiger partial charge in [0.15, 0.2) is 0 Å². The first-order chi connectivity index (χ1) is 7.39. The minimum absolute atomic E-state index is 0.681. The van der Waals surface area contributed by atoms with Gasteiger partial charge in [0.1, 0.15) is 0 Å². The standard InChI is InChI=1S/C13H19NS/c1-2-6-13(7-3-1)8-4-12(13)14-11-5-9-15-10-11/h5,9-10,12,14H,1-4,6-8H2. The highest BCUT2D eigenvalue weighted by Crippen LogP contribution is 2.52.